The van der Waals surface area contributed by atoms with E-state index in [4.69, 9.17) is 4.74 Å². The van der Waals surface area contributed by atoms with Crippen molar-refractivity contribution in [1.82, 2.24) is 0 Å². The van der Waals surface area contributed by atoms with Gasteiger partial charge in [-0.1, -0.05) is 19.4 Å². The highest BCUT2D eigenvalue weighted by molar-refractivity contribution is 5.78. The van der Waals surface area contributed by atoms with Crippen molar-refractivity contribution in [3.63, 3.8) is 0 Å². The first-order valence-electron chi connectivity index (χ1n) is 9.78. The first-order valence-corrected chi connectivity index (χ1v) is 9.78. The van der Waals surface area contributed by atoms with Crippen LogP contribution in [0.25, 0.3) is 16.7 Å². The molecular formula is C23H22F4O. The molecule has 1 nitrogen and oxygen atoms in total. The predicted molar refractivity (Wildman–Crippen MR) is 101 cm³/mol. The highest BCUT2D eigenvalue weighted by Gasteiger charge is 2.30. The van der Waals surface area contributed by atoms with Gasteiger partial charge in [0.15, 0.2) is 23.3 Å². The molecule has 1 aliphatic carbocycles. The third-order valence-corrected chi connectivity index (χ3v) is 5.69. The molecule has 0 spiro atoms. The molecule has 2 aromatic carbocycles. The van der Waals surface area contributed by atoms with Gasteiger partial charge >= 0.3 is 0 Å². The summed E-state index contributed by atoms with van der Waals surface area (Å²) in [6, 6.07) is 3.17. The van der Waals surface area contributed by atoms with Crippen LogP contribution < -0.4 is 0 Å². The van der Waals surface area contributed by atoms with Crippen molar-refractivity contribution in [2.75, 3.05) is 0 Å². The fraction of sp³-hybridized carbons (Fsp3) is 0.391. The molecule has 0 fully saturated rings. The zero-order chi connectivity index (χ0) is 20.0. The molecule has 2 aliphatic rings. The van der Waals surface area contributed by atoms with E-state index in [0.717, 1.165) is 0 Å². The summed E-state index contributed by atoms with van der Waals surface area (Å²) in [6.07, 6.45) is 4.81. The van der Waals surface area contributed by atoms with Gasteiger partial charge in [0.05, 0.1) is 12.4 Å². The summed E-state index contributed by atoms with van der Waals surface area (Å²) < 4.78 is 64.8. The molecule has 0 saturated carbocycles. The fourth-order valence-electron chi connectivity index (χ4n) is 4.19. The highest BCUT2D eigenvalue weighted by atomic mass is 19.2. The number of hydrogen-bond acceptors (Lipinski definition) is 1. The highest BCUT2D eigenvalue weighted by Crippen LogP contribution is 2.42. The maximum atomic E-state index is 15.1. The zero-order valence-corrected chi connectivity index (χ0v) is 16.0. The van der Waals surface area contributed by atoms with E-state index >= 15 is 4.39 Å². The van der Waals surface area contributed by atoms with E-state index in [1.807, 2.05) is 13.8 Å². The van der Waals surface area contributed by atoms with Crippen molar-refractivity contribution < 1.29 is 22.3 Å². The van der Waals surface area contributed by atoms with Crippen molar-refractivity contribution in [1.29, 1.82) is 0 Å². The fourth-order valence-corrected chi connectivity index (χ4v) is 4.19. The predicted octanol–water partition coefficient (Wildman–Crippen LogP) is 6.50. The number of halogens is 4. The van der Waals surface area contributed by atoms with Crippen molar-refractivity contribution in [2.45, 2.75) is 58.5 Å². The largest absolute Gasteiger partial charge is 0.498 e. The van der Waals surface area contributed by atoms with E-state index in [0.29, 0.717) is 60.8 Å². The normalized spacial score (nSPS) is 18.2. The maximum Gasteiger partial charge on any atom is 0.167 e. The van der Waals surface area contributed by atoms with E-state index < -0.39 is 23.3 Å². The zero-order valence-electron chi connectivity index (χ0n) is 16.0. The van der Waals surface area contributed by atoms with E-state index in [2.05, 4.69) is 0 Å². The number of allylic oxidation sites excluding steroid dienone is 1. The average molecular weight is 390 g/mol. The lowest BCUT2D eigenvalue weighted by Crippen LogP contribution is -2.14. The molecule has 0 aromatic heterocycles. The van der Waals surface area contributed by atoms with Gasteiger partial charge in [0.25, 0.3) is 0 Å². The quantitative estimate of drug-likeness (QED) is 0.544. The second-order valence-electron chi connectivity index (χ2n) is 7.66. The lowest BCUT2D eigenvalue weighted by Gasteiger charge is -2.25. The molecule has 0 radical (unpaired) electrons. The second-order valence-corrected chi connectivity index (χ2v) is 7.66. The molecule has 5 heteroatoms. The summed E-state index contributed by atoms with van der Waals surface area (Å²) in [5, 5.41) is 0. The van der Waals surface area contributed by atoms with Crippen LogP contribution in [0.5, 0.6) is 0 Å². The summed E-state index contributed by atoms with van der Waals surface area (Å²) in [4.78, 5) is 0. The van der Waals surface area contributed by atoms with Crippen LogP contribution >= 0.6 is 0 Å². The Hall–Kier alpha value is -2.30. The molecule has 0 N–H and O–H groups in total. The van der Waals surface area contributed by atoms with E-state index in [1.54, 1.807) is 12.1 Å². The molecule has 28 heavy (non-hydrogen) atoms. The van der Waals surface area contributed by atoms with Gasteiger partial charge in [-0.15, -0.1) is 0 Å². The lowest BCUT2D eigenvalue weighted by atomic mass is 9.81. The third-order valence-electron chi connectivity index (χ3n) is 5.69. The SMILES string of the molecule is CCCc1cc2c(c(F)c1F)-c1c(cc(C3=COC(C)CC3)c(F)c1F)CC2. The van der Waals surface area contributed by atoms with Gasteiger partial charge in [0.1, 0.15) is 0 Å². The van der Waals surface area contributed by atoms with E-state index in [1.165, 1.54) is 6.26 Å². The van der Waals surface area contributed by atoms with Crippen molar-refractivity contribution in [3.05, 3.63) is 63.9 Å². The molecule has 0 saturated heterocycles. The van der Waals surface area contributed by atoms with Crippen LogP contribution in [0.2, 0.25) is 0 Å². The van der Waals surface area contributed by atoms with Gasteiger partial charge in [-0.2, -0.15) is 0 Å². The van der Waals surface area contributed by atoms with Crippen molar-refractivity contribution in [2.24, 2.45) is 0 Å². The standard InChI is InChI=1S/C23H22F4O/c1-3-4-15-9-13-7-8-14-10-17(16-6-5-12(2)28-11-16)21(25)23(27)19(14)18(13)22(26)20(15)24/h9-12H,3-8H2,1-2H3. The van der Waals surface area contributed by atoms with Gasteiger partial charge in [0.2, 0.25) is 0 Å². The lowest BCUT2D eigenvalue weighted by molar-refractivity contribution is 0.144. The Balaban J connectivity index is 1.88. The number of benzene rings is 2. The molecule has 0 bridgehead atoms. The first kappa shape index (κ1) is 19.0. The molecular weight excluding hydrogens is 368 g/mol. The van der Waals surface area contributed by atoms with Crippen LogP contribution in [0.1, 0.15) is 55.4 Å². The third kappa shape index (κ3) is 3.01. The van der Waals surface area contributed by atoms with Crippen molar-refractivity contribution >= 4 is 5.57 Å². The molecule has 2 aromatic rings. The smallest absolute Gasteiger partial charge is 0.167 e. The Kier molecular flexibility index (Phi) is 4.94. The summed E-state index contributed by atoms with van der Waals surface area (Å²) in [7, 11) is 0. The van der Waals surface area contributed by atoms with Crippen LogP contribution in [0.3, 0.4) is 0 Å². The topological polar surface area (TPSA) is 9.23 Å². The van der Waals surface area contributed by atoms with Crippen LogP contribution in [0, 0.1) is 23.3 Å². The minimum Gasteiger partial charge on any atom is -0.498 e. The molecule has 148 valence electrons. The number of fused-ring (bicyclic) bond motifs is 3. The van der Waals surface area contributed by atoms with Gasteiger partial charge in [-0.3, -0.25) is 0 Å². The Bertz CT molecular complexity index is 978. The second kappa shape index (κ2) is 7.26. The van der Waals surface area contributed by atoms with Gasteiger partial charge in [-0.05, 0) is 67.4 Å². The minimum absolute atomic E-state index is 0.0375. The number of rotatable bonds is 3. The number of hydrogen-bond donors (Lipinski definition) is 0. The average Bonchev–Trinajstić information content (AvgIpc) is 2.69. The summed E-state index contributed by atoms with van der Waals surface area (Å²) in [6.45, 7) is 3.80. The molecule has 0 amide bonds. The molecule has 1 aliphatic heterocycles. The molecule has 1 heterocycles. The Morgan fingerprint density at radius 2 is 1.54 bits per heavy atom. The summed E-state index contributed by atoms with van der Waals surface area (Å²) in [5.41, 5.74) is 1.79. The number of ether oxygens (including phenoxy) is 1. The first-order chi connectivity index (χ1) is 13.4. The summed E-state index contributed by atoms with van der Waals surface area (Å²) in [5.74, 6) is -4.19. The minimum atomic E-state index is -1.12. The van der Waals surface area contributed by atoms with E-state index in [9.17, 15) is 13.2 Å². The van der Waals surface area contributed by atoms with E-state index in [-0.39, 0.29) is 22.8 Å². The van der Waals surface area contributed by atoms with Gasteiger partial charge in [-0.25, -0.2) is 17.6 Å². The maximum absolute atomic E-state index is 15.1. The summed E-state index contributed by atoms with van der Waals surface area (Å²) >= 11 is 0. The number of aryl methyl sites for hydroxylation is 3. The Labute approximate surface area is 162 Å². The monoisotopic (exact) mass is 390 g/mol. The van der Waals surface area contributed by atoms with Crippen LogP contribution in [0.15, 0.2) is 18.4 Å². The molecule has 1 unspecified atom stereocenters. The van der Waals surface area contributed by atoms with Crippen molar-refractivity contribution in [3.8, 4) is 11.1 Å². The van der Waals surface area contributed by atoms with Crippen LogP contribution in [0.4, 0.5) is 17.6 Å². The Morgan fingerprint density at radius 3 is 2.14 bits per heavy atom. The van der Waals surface area contributed by atoms with Crippen LogP contribution in [-0.4, -0.2) is 6.10 Å². The van der Waals surface area contributed by atoms with Gasteiger partial charge < -0.3 is 4.74 Å². The van der Waals surface area contributed by atoms with Crippen LogP contribution in [-0.2, 0) is 24.0 Å². The molecule has 4 rings (SSSR count). The van der Waals surface area contributed by atoms with Gasteiger partial charge in [0, 0.05) is 16.7 Å². The molecule has 1 atom stereocenters. The Morgan fingerprint density at radius 1 is 0.893 bits per heavy atom.